The van der Waals surface area contributed by atoms with Gasteiger partial charge in [-0.3, -0.25) is 4.90 Å². The van der Waals surface area contributed by atoms with Crippen molar-refractivity contribution < 1.29 is 0 Å². The number of hydrogen-bond donors (Lipinski definition) is 1. The van der Waals surface area contributed by atoms with Gasteiger partial charge < -0.3 is 5.32 Å². The average molecular weight is 283 g/mol. The van der Waals surface area contributed by atoms with Crippen molar-refractivity contribution in [2.45, 2.75) is 39.8 Å². The van der Waals surface area contributed by atoms with Gasteiger partial charge in [-0.25, -0.2) is 0 Å². The second-order valence-corrected chi connectivity index (χ2v) is 6.27. The molecular formula is C16H27ClN2. The van der Waals surface area contributed by atoms with E-state index in [1.165, 1.54) is 5.56 Å². The SMILES string of the molecule is CC(CNC(C)C)CN(C)C(C)c1ccc(Cl)cc1. The highest BCUT2D eigenvalue weighted by Gasteiger charge is 2.14. The largest absolute Gasteiger partial charge is 0.314 e. The van der Waals surface area contributed by atoms with Gasteiger partial charge >= 0.3 is 0 Å². The van der Waals surface area contributed by atoms with E-state index in [9.17, 15) is 0 Å². The zero-order valence-electron chi connectivity index (χ0n) is 12.8. The van der Waals surface area contributed by atoms with E-state index in [1.807, 2.05) is 12.1 Å². The van der Waals surface area contributed by atoms with Gasteiger partial charge in [0.05, 0.1) is 0 Å². The van der Waals surface area contributed by atoms with E-state index < -0.39 is 0 Å². The van der Waals surface area contributed by atoms with Crippen LogP contribution < -0.4 is 5.32 Å². The summed E-state index contributed by atoms with van der Waals surface area (Å²) < 4.78 is 0. The van der Waals surface area contributed by atoms with Crippen LogP contribution >= 0.6 is 11.6 Å². The van der Waals surface area contributed by atoms with E-state index in [4.69, 9.17) is 11.6 Å². The third-order valence-corrected chi connectivity index (χ3v) is 3.74. The minimum atomic E-state index is 0.416. The zero-order valence-corrected chi connectivity index (χ0v) is 13.5. The molecule has 0 bridgehead atoms. The quantitative estimate of drug-likeness (QED) is 0.814. The van der Waals surface area contributed by atoms with Gasteiger partial charge in [0.15, 0.2) is 0 Å². The molecule has 1 rings (SSSR count). The highest BCUT2D eigenvalue weighted by atomic mass is 35.5. The lowest BCUT2D eigenvalue weighted by atomic mass is 10.1. The van der Waals surface area contributed by atoms with Crippen molar-refractivity contribution in [3.8, 4) is 0 Å². The first kappa shape index (κ1) is 16.5. The standard InChI is InChI=1S/C16H27ClN2/c1-12(2)18-10-13(3)11-19(5)14(4)15-6-8-16(17)9-7-15/h6-9,12-14,18H,10-11H2,1-5H3. The molecule has 0 saturated heterocycles. The van der Waals surface area contributed by atoms with Crippen LogP contribution in [0.25, 0.3) is 0 Å². The van der Waals surface area contributed by atoms with Crippen molar-refractivity contribution in [3.05, 3.63) is 34.9 Å². The minimum Gasteiger partial charge on any atom is -0.314 e. The predicted molar refractivity (Wildman–Crippen MR) is 84.8 cm³/mol. The van der Waals surface area contributed by atoms with Crippen molar-refractivity contribution in [1.82, 2.24) is 10.2 Å². The summed E-state index contributed by atoms with van der Waals surface area (Å²) >= 11 is 5.93. The second kappa shape index (κ2) is 7.88. The lowest BCUT2D eigenvalue weighted by molar-refractivity contribution is 0.222. The first-order valence-electron chi connectivity index (χ1n) is 7.09. The molecule has 1 aromatic rings. The van der Waals surface area contributed by atoms with Gasteiger partial charge in [0.2, 0.25) is 0 Å². The van der Waals surface area contributed by atoms with Crippen molar-refractivity contribution >= 4 is 11.6 Å². The molecule has 0 radical (unpaired) electrons. The van der Waals surface area contributed by atoms with Crippen molar-refractivity contribution in [1.29, 1.82) is 0 Å². The van der Waals surface area contributed by atoms with Gasteiger partial charge in [-0.05, 0) is 44.1 Å². The Balaban J connectivity index is 2.48. The molecule has 0 amide bonds. The molecule has 0 aliphatic carbocycles. The fourth-order valence-corrected chi connectivity index (χ4v) is 2.27. The van der Waals surface area contributed by atoms with Crippen LogP contribution in [0, 0.1) is 5.92 Å². The van der Waals surface area contributed by atoms with Crippen molar-refractivity contribution in [3.63, 3.8) is 0 Å². The fraction of sp³-hybridized carbons (Fsp3) is 0.625. The number of rotatable bonds is 7. The first-order chi connectivity index (χ1) is 8.90. The molecular weight excluding hydrogens is 256 g/mol. The maximum Gasteiger partial charge on any atom is 0.0406 e. The Morgan fingerprint density at radius 2 is 1.68 bits per heavy atom. The van der Waals surface area contributed by atoms with Crippen LogP contribution in [0.1, 0.15) is 39.3 Å². The molecule has 0 aromatic heterocycles. The van der Waals surface area contributed by atoms with Gasteiger partial charge in [0.25, 0.3) is 0 Å². The molecule has 1 aromatic carbocycles. The van der Waals surface area contributed by atoms with Gasteiger partial charge in [0, 0.05) is 23.7 Å². The molecule has 0 heterocycles. The van der Waals surface area contributed by atoms with Crippen molar-refractivity contribution in [2.75, 3.05) is 20.1 Å². The topological polar surface area (TPSA) is 15.3 Å². The summed E-state index contributed by atoms with van der Waals surface area (Å²) in [5, 5.41) is 4.29. The summed E-state index contributed by atoms with van der Waals surface area (Å²) in [5.74, 6) is 0.641. The summed E-state index contributed by atoms with van der Waals surface area (Å²) in [5.41, 5.74) is 1.32. The maximum absolute atomic E-state index is 5.93. The van der Waals surface area contributed by atoms with Gasteiger partial charge in [-0.1, -0.05) is 44.5 Å². The van der Waals surface area contributed by atoms with Gasteiger partial charge in [-0.15, -0.1) is 0 Å². The molecule has 2 unspecified atom stereocenters. The minimum absolute atomic E-state index is 0.416. The monoisotopic (exact) mass is 282 g/mol. The van der Waals surface area contributed by atoms with E-state index >= 15 is 0 Å². The number of hydrogen-bond acceptors (Lipinski definition) is 2. The average Bonchev–Trinajstić information content (AvgIpc) is 2.36. The molecule has 0 fully saturated rings. The maximum atomic E-state index is 5.93. The van der Waals surface area contributed by atoms with Crippen LogP contribution in [0.2, 0.25) is 5.02 Å². The van der Waals surface area contributed by atoms with E-state index in [0.29, 0.717) is 18.0 Å². The third-order valence-electron chi connectivity index (χ3n) is 3.49. The highest BCUT2D eigenvalue weighted by molar-refractivity contribution is 6.30. The molecule has 2 nitrogen and oxygen atoms in total. The Morgan fingerprint density at radius 1 is 1.11 bits per heavy atom. The zero-order chi connectivity index (χ0) is 14.4. The van der Waals surface area contributed by atoms with Crippen LogP contribution in [0.5, 0.6) is 0 Å². The highest BCUT2D eigenvalue weighted by Crippen LogP contribution is 2.21. The first-order valence-corrected chi connectivity index (χ1v) is 7.47. The number of nitrogens with zero attached hydrogens (tertiary/aromatic N) is 1. The summed E-state index contributed by atoms with van der Waals surface area (Å²) in [4.78, 5) is 2.40. The molecule has 0 aliphatic heterocycles. The second-order valence-electron chi connectivity index (χ2n) is 5.84. The van der Waals surface area contributed by atoms with E-state index in [2.05, 4.69) is 57.1 Å². The predicted octanol–water partition coefficient (Wildman–Crippen LogP) is 3.97. The van der Waals surface area contributed by atoms with Crippen LogP contribution in [0.15, 0.2) is 24.3 Å². The number of nitrogens with one attached hydrogen (secondary N) is 1. The Bertz CT molecular complexity index is 362. The van der Waals surface area contributed by atoms with Gasteiger partial charge in [-0.2, -0.15) is 0 Å². The molecule has 108 valence electrons. The van der Waals surface area contributed by atoms with E-state index in [-0.39, 0.29) is 0 Å². The molecule has 0 aliphatic rings. The molecule has 2 atom stereocenters. The van der Waals surface area contributed by atoms with E-state index in [0.717, 1.165) is 18.1 Å². The smallest absolute Gasteiger partial charge is 0.0406 e. The fourth-order valence-electron chi connectivity index (χ4n) is 2.15. The molecule has 19 heavy (non-hydrogen) atoms. The van der Waals surface area contributed by atoms with Gasteiger partial charge in [0.1, 0.15) is 0 Å². The Morgan fingerprint density at radius 3 is 2.21 bits per heavy atom. The molecule has 3 heteroatoms. The third kappa shape index (κ3) is 5.94. The normalized spacial score (nSPS) is 14.9. The Hall–Kier alpha value is -0.570. The van der Waals surface area contributed by atoms with Crippen LogP contribution in [0.4, 0.5) is 0 Å². The lowest BCUT2D eigenvalue weighted by Gasteiger charge is -2.28. The van der Waals surface area contributed by atoms with Crippen LogP contribution in [0.3, 0.4) is 0 Å². The van der Waals surface area contributed by atoms with E-state index in [1.54, 1.807) is 0 Å². The Kier molecular flexibility index (Phi) is 6.84. The number of halogens is 1. The molecule has 0 spiro atoms. The number of benzene rings is 1. The van der Waals surface area contributed by atoms with Crippen LogP contribution in [-0.2, 0) is 0 Å². The summed E-state index contributed by atoms with van der Waals surface area (Å²) in [7, 11) is 2.19. The lowest BCUT2D eigenvalue weighted by Crippen LogP contribution is -2.35. The Labute approximate surface area is 123 Å². The summed E-state index contributed by atoms with van der Waals surface area (Å²) in [6, 6.07) is 9.12. The molecule has 0 saturated carbocycles. The molecule has 1 N–H and O–H groups in total. The summed E-state index contributed by atoms with van der Waals surface area (Å²) in [6.07, 6.45) is 0. The van der Waals surface area contributed by atoms with Crippen molar-refractivity contribution in [2.24, 2.45) is 5.92 Å². The summed E-state index contributed by atoms with van der Waals surface area (Å²) in [6.45, 7) is 11.1. The van der Waals surface area contributed by atoms with Crippen LogP contribution in [-0.4, -0.2) is 31.1 Å².